The van der Waals surface area contributed by atoms with E-state index >= 15 is 0 Å². The summed E-state index contributed by atoms with van der Waals surface area (Å²) < 4.78 is 28.3. The molecule has 0 aliphatic heterocycles. The van der Waals surface area contributed by atoms with Gasteiger partial charge in [-0.3, -0.25) is 4.72 Å². The van der Waals surface area contributed by atoms with E-state index in [9.17, 15) is 8.42 Å². The second-order valence-electron chi connectivity index (χ2n) is 4.63. The zero-order chi connectivity index (χ0) is 15.6. The highest BCUT2D eigenvalue weighted by Crippen LogP contribution is 2.27. The molecule has 0 fully saturated rings. The molecule has 5 nitrogen and oxygen atoms in total. The van der Waals surface area contributed by atoms with Crippen molar-refractivity contribution >= 4 is 37.5 Å². The van der Waals surface area contributed by atoms with Crippen molar-refractivity contribution in [1.29, 1.82) is 0 Å². The van der Waals surface area contributed by atoms with Gasteiger partial charge in [0.1, 0.15) is 0 Å². The lowest BCUT2D eigenvalue weighted by Crippen LogP contribution is -2.17. The monoisotopic (exact) mass is 369 g/mol. The number of benzene rings is 1. The van der Waals surface area contributed by atoms with Gasteiger partial charge in [-0.05, 0) is 65.2 Å². The van der Waals surface area contributed by atoms with E-state index in [4.69, 9.17) is 0 Å². The third-order valence-electron chi connectivity index (χ3n) is 3.01. The number of nitrogens with zero attached hydrogens (tertiary/aromatic N) is 1. The number of halogens is 1. The summed E-state index contributed by atoms with van der Waals surface area (Å²) in [7, 11) is -1.90. The van der Waals surface area contributed by atoms with Crippen molar-refractivity contribution in [3.63, 3.8) is 0 Å². The Morgan fingerprint density at radius 1 is 1.19 bits per heavy atom. The Bertz CT molecular complexity index is 753. The normalized spacial score (nSPS) is 11.2. The van der Waals surface area contributed by atoms with Gasteiger partial charge >= 0.3 is 0 Å². The molecule has 0 aliphatic carbocycles. The average Bonchev–Trinajstić information content (AvgIpc) is 2.40. The molecular formula is C14H16BrN3O2S. The number of anilines is 2. The number of nitrogens with one attached hydrogen (secondary N) is 2. The van der Waals surface area contributed by atoms with Gasteiger partial charge in [-0.25, -0.2) is 13.4 Å². The van der Waals surface area contributed by atoms with Crippen molar-refractivity contribution < 1.29 is 8.42 Å². The Labute approximate surface area is 133 Å². The van der Waals surface area contributed by atoms with E-state index in [1.807, 2.05) is 0 Å². The largest absolute Gasteiger partial charge is 0.388 e. The summed E-state index contributed by atoms with van der Waals surface area (Å²) in [6.07, 6.45) is 1.53. The van der Waals surface area contributed by atoms with Gasteiger partial charge in [0.2, 0.25) is 0 Å². The number of hydrogen-bond donors (Lipinski definition) is 2. The SMILES string of the molecule is CNc1cc(C)c(S(=O)(=O)Nc2ncccc2Br)c(C)c1. The zero-order valence-electron chi connectivity index (χ0n) is 11.9. The minimum Gasteiger partial charge on any atom is -0.388 e. The fraction of sp³-hybridized carbons (Fsp3) is 0.214. The molecule has 1 aromatic carbocycles. The molecule has 2 N–H and O–H groups in total. The smallest absolute Gasteiger partial charge is 0.263 e. The molecule has 21 heavy (non-hydrogen) atoms. The Morgan fingerprint density at radius 3 is 2.33 bits per heavy atom. The van der Waals surface area contributed by atoms with Crippen LogP contribution in [0.5, 0.6) is 0 Å². The van der Waals surface area contributed by atoms with Gasteiger partial charge < -0.3 is 5.32 Å². The molecule has 0 aliphatic rings. The first-order valence-electron chi connectivity index (χ1n) is 6.27. The topological polar surface area (TPSA) is 71.1 Å². The number of sulfonamides is 1. The standard InChI is InChI=1S/C14H16BrN3O2S/c1-9-7-11(16-3)8-10(2)13(9)21(19,20)18-14-12(15)5-4-6-17-14/h4-8,16H,1-3H3,(H,17,18). The minimum atomic E-state index is -3.69. The molecule has 0 unspecified atom stereocenters. The Balaban J connectivity index is 2.48. The van der Waals surface area contributed by atoms with Crippen LogP contribution in [0.25, 0.3) is 0 Å². The molecule has 2 aromatic rings. The molecule has 7 heteroatoms. The fourth-order valence-corrected chi connectivity index (χ4v) is 4.13. The van der Waals surface area contributed by atoms with Crippen LogP contribution in [0.2, 0.25) is 0 Å². The van der Waals surface area contributed by atoms with E-state index in [0.29, 0.717) is 15.6 Å². The summed E-state index contributed by atoms with van der Waals surface area (Å²) >= 11 is 3.28. The maximum atomic E-state index is 12.6. The number of aryl methyl sites for hydroxylation is 2. The molecule has 1 aromatic heterocycles. The highest BCUT2D eigenvalue weighted by Gasteiger charge is 2.21. The second-order valence-corrected chi connectivity index (χ2v) is 7.10. The first-order valence-corrected chi connectivity index (χ1v) is 8.55. The molecule has 0 bridgehead atoms. The van der Waals surface area contributed by atoms with Crippen LogP contribution in [0, 0.1) is 13.8 Å². The molecule has 0 saturated carbocycles. The number of hydrogen-bond acceptors (Lipinski definition) is 4. The quantitative estimate of drug-likeness (QED) is 0.866. The molecule has 1 heterocycles. The summed E-state index contributed by atoms with van der Waals surface area (Å²) in [4.78, 5) is 4.31. The van der Waals surface area contributed by atoms with Gasteiger partial charge in [-0.2, -0.15) is 0 Å². The van der Waals surface area contributed by atoms with Gasteiger partial charge in [0.25, 0.3) is 10.0 Å². The van der Waals surface area contributed by atoms with Crippen LogP contribution in [0.3, 0.4) is 0 Å². The van der Waals surface area contributed by atoms with Crippen molar-refractivity contribution in [2.24, 2.45) is 0 Å². The van der Waals surface area contributed by atoms with Gasteiger partial charge in [0.15, 0.2) is 5.82 Å². The van der Waals surface area contributed by atoms with Crippen LogP contribution >= 0.6 is 15.9 Å². The lowest BCUT2D eigenvalue weighted by molar-refractivity contribution is 0.600. The molecule has 2 rings (SSSR count). The second kappa shape index (κ2) is 6.03. The lowest BCUT2D eigenvalue weighted by Gasteiger charge is -2.14. The summed E-state index contributed by atoms with van der Waals surface area (Å²) in [5, 5.41) is 3.01. The van der Waals surface area contributed by atoms with Gasteiger partial charge in [0.05, 0.1) is 9.37 Å². The van der Waals surface area contributed by atoms with E-state index < -0.39 is 10.0 Å². The Kier molecular flexibility index (Phi) is 4.53. The highest BCUT2D eigenvalue weighted by atomic mass is 79.9. The highest BCUT2D eigenvalue weighted by molar-refractivity contribution is 9.10. The Morgan fingerprint density at radius 2 is 1.81 bits per heavy atom. The number of aromatic nitrogens is 1. The zero-order valence-corrected chi connectivity index (χ0v) is 14.3. The van der Waals surface area contributed by atoms with Gasteiger partial charge in [0, 0.05) is 18.9 Å². The molecular weight excluding hydrogens is 354 g/mol. The summed E-state index contributed by atoms with van der Waals surface area (Å²) in [6.45, 7) is 3.55. The van der Waals surface area contributed by atoms with Crippen molar-refractivity contribution in [1.82, 2.24) is 4.98 Å². The van der Waals surface area contributed by atoms with Crippen LogP contribution < -0.4 is 10.0 Å². The molecule has 0 saturated heterocycles. The van der Waals surface area contributed by atoms with Gasteiger partial charge in [-0.15, -0.1) is 0 Å². The maximum absolute atomic E-state index is 12.6. The van der Waals surface area contributed by atoms with Crippen molar-refractivity contribution in [2.75, 3.05) is 17.1 Å². The van der Waals surface area contributed by atoms with E-state index in [1.165, 1.54) is 6.20 Å². The van der Waals surface area contributed by atoms with Crippen LogP contribution in [0.15, 0.2) is 39.8 Å². The predicted molar refractivity (Wildman–Crippen MR) is 88.2 cm³/mol. The van der Waals surface area contributed by atoms with Crippen molar-refractivity contribution in [3.05, 3.63) is 46.1 Å². The first kappa shape index (κ1) is 15.8. The number of rotatable bonds is 4. The van der Waals surface area contributed by atoms with Crippen molar-refractivity contribution in [3.8, 4) is 0 Å². The van der Waals surface area contributed by atoms with Crippen LogP contribution in [0.4, 0.5) is 11.5 Å². The van der Waals surface area contributed by atoms with Crippen molar-refractivity contribution in [2.45, 2.75) is 18.7 Å². The van der Waals surface area contributed by atoms with E-state index in [-0.39, 0.29) is 10.7 Å². The fourth-order valence-electron chi connectivity index (χ4n) is 2.16. The molecule has 0 atom stereocenters. The van der Waals surface area contributed by atoms with Gasteiger partial charge in [-0.1, -0.05) is 0 Å². The van der Waals surface area contributed by atoms with Crippen LogP contribution in [-0.4, -0.2) is 20.4 Å². The molecule has 0 radical (unpaired) electrons. The summed E-state index contributed by atoms with van der Waals surface area (Å²) in [5.74, 6) is 0.272. The Hall–Kier alpha value is -1.60. The maximum Gasteiger partial charge on any atom is 0.263 e. The third-order valence-corrected chi connectivity index (χ3v) is 5.29. The van der Waals surface area contributed by atoms with E-state index in [1.54, 1.807) is 45.2 Å². The van der Waals surface area contributed by atoms with Crippen LogP contribution in [-0.2, 0) is 10.0 Å². The number of pyridine rings is 1. The first-order chi connectivity index (χ1) is 9.85. The predicted octanol–water partition coefficient (Wildman–Crippen LogP) is 3.30. The molecule has 0 spiro atoms. The average molecular weight is 370 g/mol. The van der Waals surface area contributed by atoms with E-state index in [0.717, 1.165) is 5.69 Å². The summed E-state index contributed by atoms with van der Waals surface area (Å²) in [5.41, 5.74) is 2.24. The molecule has 112 valence electrons. The van der Waals surface area contributed by atoms with Crippen LogP contribution in [0.1, 0.15) is 11.1 Å². The minimum absolute atomic E-state index is 0.272. The lowest BCUT2D eigenvalue weighted by atomic mass is 10.1. The van der Waals surface area contributed by atoms with E-state index in [2.05, 4.69) is 31.0 Å². The summed E-state index contributed by atoms with van der Waals surface area (Å²) in [6, 6.07) is 7.05. The molecule has 0 amide bonds. The third kappa shape index (κ3) is 3.36.